The van der Waals surface area contributed by atoms with Crippen LogP contribution in [0.15, 0.2) is 60.7 Å². The Morgan fingerprint density at radius 3 is 1.10 bits per heavy atom. The van der Waals surface area contributed by atoms with Crippen molar-refractivity contribution in [2.24, 2.45) is 0 Å². The van der Waals surface area contributed by atoms with E-state index in [1.54, 1.807) is 0 Å². The minimum atomic E-state index is 0.0647. The Labute approximate surface area is 255 Å². The molecule has 204 valence electrons. The van der Waals surface area contributed by atoms with Gasteiger partial charge in [0, 0.05) is 0 Å². The predicted octanol–water partition coefficient (Wildman–Crippen LogP) is 7.22. The van der Waals surface area contributed by atoms with Gasteiger partial charge in [-0.1, -0.05) is 24.3 Å². The number of hydrogen-bond acceptors (Lipinski definition) is 7. The summed E-state index contributed by atoms with van der Waals surface area (Å²) in [6, 6.07) is 21.1. The minimum absolute atomic E-state index is 0.0647. The van der Waals surface area contributed by atoms with Gasteiger partial charge >= 0.3 is 165 Å². The molecule has 0 radical (unpaired) electrons. The maximum atomic E-state index is 4.51. The maximum absolute atomic E-state index is 4.51. The van der Waals surface area contributed by atoms with Crippen LogP contribution in [0.1, 0.15) is 33.4 Å². The van der Waals surface area contributed by atoms with Crippen molar-refractivity contribution in [3.8, 4) is 0 Å². The van der Waals surface area contributed by atoms with Crippen molar-refractivity contribution in [1.29, 1.82) is 0 Å². The molecule has 9 heteroatoms. The standard InChI is InChI=1S/C12H10N2S.C12H10N2Se.C8H8N2Se/c2*1-7-9-5-3-4-6-10(9)8(2)12-11(7)13-15-14-12;1-5-3-4-6(2)8-7(5)9-11-10-8/h2*3-6H,1-2H3;3-4H,1-2H3. The molecule has 0 spiro atoms. The fraction of sp³-hybridized carbons (Fsp3) is 0.188. The first-order valence-corrected chi connectivity index (χ1v) is 17.0. The van der Waals surface area contributed by atoms with Gasteiger partial charge in [0.1, 0.15) is 11.0 Å². The van der Waals surface area contributed by atoms with Crippen LogP contribution in [0.4, 0.5) is 0 Å². The third kappa shape index (κ3) is 5.03. The summed E-state index contributed by atoms with van der Waals surface area (Å²) >= 11 is 1.47. The Balaban J connectivity index is 0.000000112. The van der Waals surface area contributed by atoms with Crippen LogP contribution in [0.5, 0.6) is 0 Å². The van der Waals surface area contributed by atoms with Crippen LogP contribution in [-0.2, 0) is 0 Å². The fourth-order valence-electron chi connectivity index (χ4n) is 5.26. The molecule has 3 heterocycles. The van der Waals surface area contributed by atoms with E-state index in [1.807, 2.05) is 0 Å². The van der Waals surface area contributed by atoms with E-state index in [0.29, 0.717) is 0 Å². The SMILES string of the molecule is Cc1c2ccccc2c(C)c2n[se]nc12.Cc1c2ccccc2c(C)c2nsnc12.Cc1ccc(C)c2n[se]nc12. The van der Waals surface area contributed by atoms with Crippen LogP contribution in [0.2, 0.25) is 0 Å². The van der Waals surface area contributed by atoms with Crippen molar-refractivity contribution in [3.05, 3.63) is 94.0 Å². The van der Waals surface area contributed by atoms with Crippen molar-refractivity contribution < 1.29 is 0 Å². The van der Waals surface area contributed by atoms with Gasteiger partial charge in [0.2, 0.25) is 0 Å². The zero-order valence-corrected chi connectivity index (χ0v) is 27.9. The summed E-state index contributed by atoms with van der Waals surface area (Å²) in [4.78, 5) is 0. The van der Waals surface area contributed by atoms with Crippen LogP contribution in [0.3, 0.4) is 0 Å². The van der Waals surface area contributed by atoms with Gasteiger partial charge in [0.05, 0.1) is 11.7 Å². The number of aromatic nitrogens is 6. The van der Waals surface area contributed by atoms with E-state index in [-0.39, 0.29) is 29.9 Å². The van der Waals surface area contributed by atoms with Gasteiger partial charge in [-0.05, 0) is 35.7 Å². The number of fused-ring (bicyclic) bond motifs is 5. The molecule has 3 aromatic heterocycles. The van der Waals surface area contributed by atoms with E-state index in [0.717, 1.165) is 33.1 Å². The van der Waals surface area contributed by atoms with Crippen LogP contribution in [0.25, 0.3) is 54.6 Å². The molecular weight excluding hydrogens is 658 g/mol. The second kappa shape index (κ2) is 11.5. The molecule has 6 nitrogen and oxygen atoms in total. The van der Waals surface area contributed by atoms with Crippen LogP contribution in [-0.4, -0.2) is 54.6 Å². The summed E-state index contributed by atoms with van der Waals surface area (Å²) in [5.74, 6) is 0. The van der Waals surface area contributed by atoms with Gasteiger partial charge in [-0.15, -0.1) is 0 Å². The zero-order valence-electron chi connectivity index (χ0n) is 23.7. The van der Waals surface area contributed by atoms with E-state index in [1.165, 1.54) is 66.7 Å². The van der Waals surface area contributed by atoms with Crippen molar-refractivity contribution in [2.75, 3.05) is 0 Å². The Hall–Kier alpha value is -3.32. The first kappa shape index (κ1) is 27.8. The first-order valence-electron chi connectivity index (χ1n) is 13.3. The molecule has 41 heavy (non-hydrogen) atoms. The molecule has 0 fully saturated rings. The average Bonchev–Trinajstić information content (AvgIpc) is 3.79. The quantitative estimate of drug-likeness (QED) is 0.157. The molecule has 0 N–H and O–H groups in total. The summed E-state index contributed by atoms with van der Waals surface area (Å²) in [5.41, 5.74) is 14.1. The monoisotopic (exact) mass is 688 g/mol. The van der Waals surface area contributed by atoms with E-state index >= 15 is 0 Å². The predicted molar refractivity (Wildman–Crippen MR) is 174 cm³/mol. The molecule has 0 aliphatic rings. The van der Waals surface area contributed by atoms with Crippen LogP contribution < -0.4 is 0 Å². The first-order chi connectivity index (χ1) is 19.9. The normalized spacial score (nSPS) is 11.2. The second-order valence-electron chi connectivity index (χ2n) is 10.2. The molecule has 0 aliphatic carbocycles. The molecular formula is C32H28N6SSe2. The molecule has 5 aromatic carbocycles. The molecule has 8 aromatic rings. The molecule has 0 saturated carbocycles. The number of nitrogens with zero attached hydrogens (tertiary/aromatic N) is 6. The summed E-state index contributed by atoms with van der Waals surface area (Å²) < 4.78 is 26.4. The number of aryl methyl sites for hydroxylation is 6. The molecule has 0 saturated heterocycles. The van der Waals surface area contributed by atoms with E-state index < -0.39 is 0 Å². The molecule has 0 amide bonds. The van der Waals surface area contributed by atoms with Gasteiger partial charge in [-0.2, -0.15) is 8.75 Å². The van der Waals surface area contributed by atoms with Crippen molar-refractivity contribution in [1.82, 2.24) is 24.7 Å². The van der Waals surface area contributed by atoms with Gasteiger partial charge in [-0.25, -0.2) is 0 Å². The fourth-order valence-corrected chi connectivity index (χ4v) is 8.67. The molecule has 8 rings (SSSR count). The van der Waals surface area contributed by atoms with E-state index in [9.17, 15) is 0 Å². The topological polar surface area (TPSA) is 77.3 Å². The van der Waals surface area contributed by atoms with Gasteiger partial charge in [0.25, 0.3) is 0 Å². The van der Waals surface area contributed by atoms with E-state index in [2.05, 4.69) is 127 Å². The third-order valence-electron chi connectivity index (χ3n) is 7.69. The van der Waals surface area contributed by atoms with Gasteiger partial charge in [0.15, 0.2) is 0 Å². The molecule has 0 aliphatic heterocycles. The summed E-state index contributed by atoms with van der Waals surface area (Å²) in [7, 11) is 0. The Morgan fingerprint density at radius 2 is 0.732 bits per heavy atom. The second-order valence-corrected chi connectivity index (χ2v) is 12.9. The summed E-state index contributed by atoms with van der Waals surface area (Å²) in [5, 5.41) is 5.20. The zero-order chi connectivity index (χ0) is 28.7. The third-order valence-corrected chi connectivity index (χ3v) is 10.4. The Kier molecular flexibility index (Phi) is 7.82. The van der Waals surface area contributed by atoms with E-state index in [4.69, 9.17) is 0 Å². The van der Waals surface area contributed by atoms with Crippen molar-refractivity contribution in [3.63, 3.8) is 0 Å². The molecule has 0 unspecified atom stereocenters. The van der Waals surface area contributed by atoms with Crippen LogP contribution >= 0.6 is 11.7 Å². The van der Waals surface area contributed by atoms with Crippen LogP contribution in [0, 0.1) is 41.5 Å². The number of hydrogen-bond donors (Lipinski definition) is 0. The Bertz CT molecular complexity index is 1930. The number of rotatable bonds is 0. The van der Waals surface area contributed by atoms with Crippen molar-refractivity contribution in [2.45, 2.75) is 41.5 Å². The van der Waals surface area contributed by atoms with Gasteiger partial charge in [-0.3, -0.25) is 0 Å². The Morgan fingerprint density at radius 1 is 0.415 bits per heavy atom. The summed E-state index contributed by atoms with van der Waals surface area (Å²) in [6.45, 7) is 12.7. The average molecular weight is 687 g/mol. The number of benzene rings is 5. The van der Waals surface area contributed by atoms with Crippen molar-refractivity contribution >= 4 is 96.3 Å². The summed E-state index contributed by atoms with van der Waals surface area (Å²) in [6.07, 6.45) is 0. The molecule has 0 atom stereocenters. The molecule has 0 bridgehead atoms. The van der Waals surface area contributed by atoms with Gasteiger partial charge < -0.3 is 0 Å².